The van der Waals surface area contributed by atoms with E-state index in [2.05, 4.69) is 10.6 Å². The highest BCUT2D eigenvalue weighted by Gasteiger charge is 2.16. The van der Waals surface area contributed by atoms with Crippen LogP contribution in [0.15, 0.2) is 12.1 Å². The summed E-state index contributed by atoms with van der Waals surface area (Å²) in [6, 6.07) is 3.63. The number of amides is 1. The van der Waals surface area contributed by atoms with Gasteiger partial charge in [0.1, 0.15) is 0 Å². The molecule has 0 aromatic heterocycles. The Kier molecular flexibility index (Phi) is 7.60. The summed E-state index contributed by atoms with van der Waals surface area (Å²) in [5, 5.41) is 7.45. The molecule has 1 aliphatic heterocycles. The van der Waals surface area contributed by atoms with Crippen LogP contribution in [0.25, 0.3) is 0 Å². The number of carbonyl (C=O) groups excluding carboxylic acids is 1. The van der Waals surface area contributed by atoms with E-state index in [1.807, 2.05) is 17.9 Å². The van der Waals surface area contributed by atoms with Gasteiger partial charge in [-0.3, -0.25) is 4.79 Å². The third kappa shape index (κ3) is 4.92. The van der Waals surface area contributed by atoms with Crippen molar-refractivity contribution in [3.05, 3.63) is 27.7 Å². The van der Waals surface area contributed by atoms with Crippen LogP contribution in [0.3, 0.4) is 0 Å². The molecule has 1 heterocycles. The Morgan fingerprint density at radius 1 is 1.29 bits per heavy atom. The molecule has 1 fully saturated rings. The van der Waals surface area contributed by atoms with E-state index in [1.165, 1.54) is 0 Å². The van der Waals surface area contributed by atoms with Crippen molar-refractivity contribution in [3.8, 4) is 0 Å². The van der Waals surface area contributed by atoms with Gasteiger partial charge in [0, 0.05) is 31.9 Å². The number of halogens is 3. The van der Waals surface area contributed by atoms with Crippen molar-refractivity contribution in [3.63, 3.8) is 0 Å². The second kappa shape index (κ2) is 8.69. The SMILES string of the molecule is CCc1cc(Cl)c(Cl)cc1NCC(=O)N1CCNCC1.Cl. The van der Waals surface area contributed by atoms with Crippen LogP contribution in [-0.4, -0.2) is 43.5 Å². The molecule has 1 aromatic rings. The van der Waals surface area contributed by atoms with E-state index in [0.29, 0.717) is 10.0 Å². The fourth-order valence-electron chi connectivity index (χ4n) is 2.24. The first-order valence-corrected chi connectivity index (χ1v) is 7.57. The fraction of sp³-hybridized carbons (Fsp3) is 0.500. The summed E-state index contributed by atoms with van der Waals surface area (Å²) in [6.45, 7) is 5.58. The molecule has 1 amide bonds. The van der Waals surface area contributed by atoms with Gasteiger partial charge in [-0.05, 0) is 24.1 Å². The third-order valence-corrected chi connectivity index (χ3v) is 4.15. The minimum absolute atomic E-state index is 0. The molecule has 0 unspecified atom stereocenters. The number of aryl methyl sites for hydroxylation is 1. The summed E-state index contributed by atoms with van der Waals surface area (Å²) in [6.07, 6.45) is 0.834. The summed E-state index contributed by atoms with van der Waals surface area (Å²) in [5.74, 6) is 0.111. The molecule has 2 rings (SSSR count). The zero-order valence-electron chi connectivity index (χ0n) is 11.9. The monoisotopic (exact) mass is 351 g/mol. The van der Waals surface area contributed by atoms with Crippen LogP contribution in [0.4, 0.5) is 5.69 Å². The number of nitrogens with zero attached hydrogens (tertiary/aromatic N) is 1. The van der Waals surface area contributed by atoms with Crippen molar-refractivity contribution in [1.29, 1.82) is 0 Å². The van der Waals surface area contributed by atoms with Crippen LogP contribution < -0.4 is 10.6 Å². The number of carbonyl (C=O) groups is 1. The minimum Gasteiger partial charge on any atom is -0.376 e. The maximum absolute atomic E-state index is 12.1. The normalized spacial score (nSPS) is 14.5. The van der Waals surface area contributed by atoms with Gasteiger partial charge in [-0.2, -0.15) is 0 Å². The lowest BCUT2D eigenvalue weighted by Gasteiger charge is -2.27. The number of hydrogen-bond acceptors (Lipinski definition) is 3. The van der Waals surface area contributed by atoms with E-state index in [1.54, 1.807) is 6.07 Å². The van der Waals surface area contributed by atoms with E-state index >= 15 is 0 Å². The van der Waals surface area contributed by atoms with Gasteiger partial charge in [0.15, 0.2) is 0 Å². The molecule has 7 heteroatoms. The van der Waals surface area contributed by atoms with Crippen LogP contribution in [0.2, 0.25) is 10.0 Å². The van der Waals surface area contributed by atoms with Gasteiger partial charge in [0.2, 0.25) is 5.91 Å². The lowest BCUT2D eigenvalue weighted by molar-refractivity contribution is -0.129. The highest BCUT2D eigenvalue weighted by molar-refractivity contribution is 6.42. The smallest absolute Gasteiger partial charge is 0.241 e. The highest BCUT2D eigenvalue weighted by atomic mass is 35.5. The molecule has 1 saturated heterocycles. The molecule has 0 atom stereocenters. The van der Waals surface area contributed by atoms with E-state index in [0.717, 1.165) is 43.9 Å². The molecule has 1 aliphatic rings. The maximum Gasteiger partial charge on any atom is 0.241 e. The third-order valence-electron chi connectivity index (χ3n) is 3.43. The Hall–Kier alpha value is -0.680. The van der Waals surface area contributed by atoms with Gasteiger partial charge in [-0.15, -0.1) is 12.4 Å². The van der Waals surface area contributed by atoms with Crippen molar-refractivity contribution in [2.24, 2.45) is 0 Å². The van der Waals surface area contributed by atoms with Gasteiger partial charge >= 0.3 is 0 Å². The number of nitrogens with one attached hydrogen (secondary N) is 2. The Morgan fingerprint density at radius 3 is 2.52 bits per heavy atom. The van der Waals surface area contributed by atoms with E-state index < -0.39 is 0 Å². The number of hydrogen-bond donors (Lipinski definition) is 2. The molecule has 2 N–H and O–H groups in total. The zero-order chi connectivity index (χ0) is 14.5. The van der Waals surface area contributed by atoms with Crippen molar-refractivity contribution >= 4 is 47.2 Å². The van der Waals surface area contributed by atoms with Crippen molar-refractivity contribution in [1.82, 2.24) is 10.2 Å². The number of anilines is 1. The molecule has 4 nitrogen and oxygen atoms in total. The Balaban J connectivity index is 0.00000220. The molecule has 118 valence electrons. The topological polar surface area (TPSA) is 44.4 Å². The Morgan fingerprint density at radius 2 is 1.90 bits per heavy atom. The average Bonchev–Trinajstić information content (AvgIpc) is 2.48. The fourth-order valence-corrected chi connectivity index (χ4v) is 2.59. The summed E-state index contributed by atoms with van der Waals surface area (Å²) in [7, 11) is 0. The summed E-state index contributed by atoms with van der Waals surface area (Å²) in [5.41, 5.74) is 1.94. The molecule has 0 aliphatic carbocycles. The van der Waals surface area contributed by atoms with Crippen molar-refractivity contribution < 1.29 is 4.79 Å². The lowest BCUT2D eigenvalue weighted by Crippen LogP contribution is -2.48. The molecule has 0 bridgehead atoms. The van der Waals surface area contributed by atoms with Crippen LogP contribution in [0.1, 0.15) is 12.5 Å². The predicted octanol–water partition coefficient (Wildman–Crippen LogP) is 2.82. The minimum atomic E-state index is 0. The maximum atomic E-state index is 12.1. The molecule has 0 saturated carbocycles. The van der Waals surface area contributed by atoms with Gasteiger partial charge in [-0.25, -0.2) is 0 Å². The van der Waals surface area contributed by atoms with Gasteiger partial charge in [0.25, 0.3) is 0 Å². The average molecular weight is 353 g/mol. The van der Waals surface area contributed by atoms with Crippen LogP contribution in [0.5, 0.6) is 0 Å². The molecule has 1 aromatic carbocycles. The van der Waals surface area contributed by atoms with Crippen molar-refractivity contribution in [2.75, 3.05) is 38.0 Å². The number of benzene rings is 1. The largest absolute Gasteiger partial charge is 0.376 e. The van der Waals surface area contributed by atoms with Gasteiger partial charge < -0.3 is 15.5 Å². The molecule has 21 heavy (non-hydrogen) atoms. The first-order valence-electron chi connectivity index (χ1n) is 6.82. The van der Waals surface area contributed by atoms with Crippen LogP contribution in [0, 0.1) is 0 Å². The second-order valence-corrected chi connectivity index (χ2v) is 5.58. The van der Waals surface area contributed by atoms with E-state index in [-0.39, 0.29) is 24.9 Å². The van der Waals surface area contributed by atoms with Gasteiger partial charge in [0.05, 0.1) is 16.6 Å². The summed E-state index contributed by atoms with van der Waals surface area (Å²) >= 11 is 12.0. The molecule has 0 spiro atoms. The summed E-state index contributed by atoms with van der Waals surface area (Å²) in [4.78, 5) is 14.0. The predicted molar refractivity (Wildman–Crippen MR) is 91.0 cm³/mol. The van der Waals surface area contributed by atoms with Crippen LogP contribution >= 0.6 is 35.6 Å². The molecular formula is C14H20Cl3N3O. The van der Waals surface area contributed by atoms with Crippen molar-refractivity contribution in [2.45, 2.75) is 13.3 Å². The van der Waals surface area contributed by atoms with Crippen LogP contribution in [-0.2, 0) is 11.2 Å². The first kappa shape index (κ1) is 18.4. The van der Waals surface area contributed by atoms with E-state index in [4.69, 9.17) is 23.2 Å². The molecule has 0 radical (unpaired) electrons. The summed E-state index contributed by atoms with van der Waals surface area (Å²) < 4.78 is 0. The lowest BCUT2D eigenvalue weighted by atomic mass is 10.1. The van der Waals surface area contributed by atoms with Gasteiger partial charge in [-0.1, -0.05) is 30.1 Å². The number of piperazine rings is 1. The zero-order valence-corrected chi connectivity index (χ0v) is 14.2. The standard InChI is InChI=1S/C14H19Cl2N3O.ClH/c1-2-10-7-11(15)12(16)8-13(10)18-9-14(20)19-5-3-17-4-6-19;/h7-8,17-18H,2-6,9H2,1H3;1H. The quantitative estimate of drug-likeness (QED) is 0.876. The Bertz CT molecular complexity index is 491. The second-order valence-electron chi connectivity index (χ2n) is 4.76. The Labute approximate surface area is 141 Å². The molecular weight excluding hydrogens is 333 g/mol. The highest BCUT2D eigenvalue weighted by Crippen LogP contribution is 2.29. The first-order chi connectivity index (χ1) is 9.61. The number of rotatable bonds is 4. The van der Waals surface area contributed by atoms with E-state index in [9.17, 15) is 4.79 Å².